The number of aromatic carboxylic acids is 1. The van der Waals surface area contributed by atoms with E-state index in [1.54, 1.807) is 19.1 Å². The van der Waals surface area contributed by atoms with Crippen molar-refractivity contribution in [1.82, 2.24) is 0 Å². The van der Waals surface area contributed by atoms with Crippen molar-refractivity contribution in [1.29, 1.82) is 0 Å². The minimum absolute atomic E-state index is 0.0746. The molecule has 30 heavy (non-hydrogen) atoms. The summed E-state index contributed by atoms with van der Waals surface area (Å²) < 4.78 is 28.1. The number of rotatable bonds is 6. The van der Waals surface area contributed by atoms with Gasteiger partial charge in [-0.05, 0) is 61.4 Å². The van der Waals surface area contributed by atoms with Crippen LogP contribution in [0.15, 0.2) is 71.6 Å². The predicted octanol–water partition coefficient (Wildman–Crippen LogP) is 2.72. The molecule has 0 aliphatic heterocycles. The molecule has 7 nitrogen and oxygen atoms in total. The van der Waals surface area contributed by atoms with E-state index in [4.69, 9.17) is 0 Å². The number of carboxylic acids is 1. The summed E-state index contributed by atoms with van der Waals surface area (Å²) in [6.45, 7) is 3.53. The van der Waals surface area contributed by atoms with Gasteiger partial charge in [-0.15, -0.1) is 0 Å². The number of anilines is 2. The molecule has 154 valence electrons. The monoisotopic (exact) mass is 423 g/mol. The van der Waals surface area contributed by atoms with Gasteiger partial charge in [0.05, 0.1) is 10.9 Å². The van der Waals surface area contributed by atoms with Crippen LogP contribution in [0.1, 0.15) is 31.8 Å². The van der Waals surface area contributed by atoms with Crippen molar-refractivity contribution >= 4 is 33.3 Å². The number of amides is 1. The Hall–Kier alpha value is -3.65. The highest BCUT2D eigenvalue weighted by Crippen LogP contribution is 2.22. The Labute approximate surface area is 174 Å². The zero-order valence-corrected chi connectivity index (χ0v) is 17.1. The first-order chi connectivity index (χ1) is 14.2. The second kappa shape index (κ2) is 8.38. The number of carbonyl (C=O) groups is 2. The summed E-state index contributed by atoms with van der Waals surface area (Å²) in [7, 11) is -4.06. The molecule has 0 heterocycles. The Kier molecular flexibility index (Phi) is 5.89. The second-order valence-electron chi connectivity index (χ2n) is 6.77. The Morgan fingerprint density at radius 1 is 0.833 bits per heavy atom. The van der Waals surface area contributed by atoms with Gasteiger partial charge in [-0.3, -0.25) is 9.52 Å². The lowest BCUT2D eigenvalue weighted by atomic mass is 10.1. The fourth-order valence-electron chi connectivity index (χ4n) is 2.79. The number of carboxylic acid groups (broad SMARTS) is 1. The molecule has 3 aromatic carbocycles. The molecule has 2 N–H and O–H groups in total. The first kappa shape index (κ1) is 21.1. The average Bonchev–Trinajstić information content (AvgIpc) is 2.69. The van der Waals surface area contributed by atoms with Crippen molar-refractivity contribution in [2.24, 2.45) is 0 Å². The lowest BCUT2D eigenvalue weighted by molar-refractivity contribution is -0.255. The molecule has 0 aliphatic rings. The third-order valence-corrected chi connectivity index (χ3v) is 5.92. The normalized spacial score (nSPS) is 11.0. The van der Waals surface area contributed by atoms with E-state index in [1.807, 2.05) is 19.1 Å². The van der Waals surface area contributed by atoms with Crippen LogP contribution < -0.4 is 15.1 Å². The van der Waals surface area contributed by atoms with E-state index in [-0.39, 0.29) is 21.7 Å². The largest absolute Gasteiger partial charge is 0.545 e. The minimum atomic E-state index is -4.06. The molecular weight excluding hydrogens is 404 g/mol. The Morgan fingerprint density at radius 2 is 1.53 bits per heavy atom. The summed E-state index contributed by atoms with van der Waals surface area (Å²) in [6.07, 6.45) is 0. The van der Waals surface area contributed by atoms with E-state index in [0.717, 1.165) is 11.6 Å². The summed E-state index contributed by atoms with van der Waals surface area (Å²) >= 11 is 0. The van der Waals surface area contributed by atoms with Crippen LogP contribution in [-0.4, -0.2) is 20.3 Å². The topological polar surface area (TPSA) is 115 Å². The Balaban J connectivity index is 1.88. The van der Waals surface area contributed by atoms with Gasteiger partial charge in [-0.25, -0.2) is 8.42 Å². The van der Waals surface area contributed by atoms with Crippen LogP contribution in [-0.2, 0) is 10.0 Å². The molecule has 8 heteroatoms. The van der Waals surface area contributed by atoms with Gasteiger partial charge in [0.2, 0.25) is 0 Å². The molecule has 0 saturated heterocycles. The predicted molar refractivity (Wildman–Crippen MR) is 112 cm³/mol. The molecule has 0 spiro atoms. The van der Waals surface area contributed by atoms with Gasteiger partial charge in [0.15, 0.2) is 0 Å². The van der Waals surface area contributed by atoms with Crippen molar-refractivity contribution in [2.45, 2.75) is 18.7 Å². The summed E-state index contributed by atoms with van der Waals surface area (Å²) in [5.41, 5.74) is 2.16. The van der Waals surface area contributed by atoms with Gasteiger partial charge in [-0.2, -0.15) is 0 Å². The number of nitrogens with one attached hydrogen (secondary N) is 2. The fourth-order valence-corrected chi connectivity index (χ4v) is 4.11. The number of hydrogen-bond donors (Lipinski definition) is 2. The minimum Gasteiger partial charge on any atom is -0.545 e. The summed E-state index contributed by atoms with van der Waals surface area (Å²) in [5.74, 6) is -1.86. The summed E-state index contributed by atoms with van der Waals surface area (Å²) in [4.78, 5) is 23.5. The molecule has 1 amide bonds. The van der Waals surface area contributed by atoms with Gasteiger partial charge in [0.25, 0.3) is 15.9 Å². The highest BCUT2D eigenvalue weighted by Gasteiger charge is 2.20. The first-order valence-corrected chi connectivity index (χ1v) is 10.5. The van der Waals surface area contributed by atoms with E-state index >= 15 is 0 Å². The third kappa shape index (κ3) is 4.84. The zero-order chi connectivity index (χ0) is 21.9. The molecule has 0 atom stereocenters. The van der Waals surface area contributed by atoms with Crippen molar-refractivity contribution in [3.63, 3.8) is 0 Å². The number of aryl methyl sites for hydroxylation is 2. The zero-order valence-electron chi connectivity index (χ0n) is 16.3. The van der Waals surface area contributed by atoms with E-state index in [1.165, 1.54) is 36.4 Å². The SMILES string of the molecule is Cc1ccc(NC(=O)c2ccc(C)c(S(=O)(=O)Nc3cccc(C(=O)[O-])c3)c2)cc1. The fraction of sp³-hybridized carbons (Fsp3) is 0.0909. The van der Waals surface area contributed by atoms with Gasteiger partial charge in [-0.1, -0.05) is 35.9 Å². The van der Waals surface area contributed by atoms with Crippen molar-refractivity contribution < 1.29 is 23.1 Å². The molecule has 0 fully saturated rings. The Bertz CT molecular complexity index is 1220. The van der Waals surface area contributed by atoms with Crippen molar-refractivity contribution in [3.05, 3.63) is 89.0 Å². The lowest BCUT2D eigenvalue weighted by Crippen LogP contribution is -2.22. The van der Waals surface area contributed by atoms with E-state index < -0.39 is 21.9 Å². The van der Waals surface area contributed by atoms with Crippen LogP contribution in [0.25, 0.3) is 0 Å². The molecule has 0 aromatic heterocycles. The van der Waals surface area contributed by atoms with E-state index in [2.05, 4.69) is 10.0 Å². The highest BCUT2D eigenvalue weighted by molar-refractivity contribution is 7.92. The number of carbonyl (C=O) groups excluding carboxylic acids is 2. The van der Waals surface area contributed by atoms with Crippen LogP contribution in [0.2, 0.25) is 0 Å². The maximum absolute atomic E-state index is 12.9. The van der Waals surface area contributed by atoms with E-state index in [9.17, 15) is 23.1 Å². The first-order valence-electron chi connectivity index (χ1n) is 8.98. The van der Waals surface area contributed by atoms with Crippen LogP contribution >= 0.6 is 0 Å². The smallest absolute Gasteiger partial charge is 0.262 e. The molecule has 3 aromatic rings. The molecule has 0 saturated carbocycles. The Morgan fingerprint density at radius 3 is 2.20 bits per heavy atom. The number of benzene rings is 3. The molecule has 3 rings (SSSR count). The standard InChI is InChI=1S/C22H20N2O5S/c1-14-6-10-18(11-7-14)23-21(25)16-9-8-15(2)20(13-16)30(28,29)24-19-5-3-4-17(12-19)22(26)27/h3-13,24H,1-2H3,(H,23,25)(H,26,27)/p-1. The van der Waals surface area contributed by atoms with Crippen molar-refractivity contribution in [2.75, 3.05) is 10.0 Å². The number of sulfonamides is 1. The molecule has 0 radical (unpaired) electrons. The van der Waals surface area contributed by atoms with Gasteiger partial charge >= 0.3 is 0 Å². The summed E-state index contributed by atoms with van der Waals surface area (Å²) in [5, 5.41) is 13.7. The van der Waals surface area contributed by atoms with Crippen LogP contribution in [0, 0.1) is 13.8 Å². The highest BCUT2D eigenvalue weighted by atomic mass is 32.2. The quantitative estimate of drug-likeness (QED) is 0.633. The summed E-state index contributed by atoms with van der Waals surface area (Å²) in [6, 6.07) is 16.9. The molecular formula is C22H19N2O5S-. The third-order valence-electron chi connectivity index (χ3n) is 4.40. The van der Waals surface area contributed by atoms with Gasteiger partial charge in [0, 0.05) is 16.9 Å². The average molecular weight is 423 g/mol. The van der Waals surface area contributed by atoms with Crippen molar-refractivity contribution in [3.8, 4) is 0 Å². The lowest BCUT2D eigenvalue weighted by Gasteiger charge is -2.13. The number of hydrogen-bond acceptors (Lipinski definition) is 5. The molecule has 0 aliphatic carbocycles. The van der Waals surface area contributed by atoms with Crippen LogP contribution in [0.4, 0.5) is 11.4 Å². The second-order valence-corrected chi connectivity index (χ2v) is 8.43. The maximum atomic E-state index is 12.9. The molecule has 0 unspecified atom stereocenters. The molecule has 0 bridgehead atoms. The van der Waals surface area contributed by atoms with Crippen LogP contribution in [0.3, 0.4) is 0 Å². The van der Waals surface area contributed by atoms with Crippen LogP contribution in [0.5, 0.6) is 0 Å². The van der Waals surface area contributed by atoms with Gasteiger partial charge in [0.1, 0.15) is 0 Å². The maximum Gasteiger partial charge on any atom is 0.262 e. The van der Waals surface area contributed by atoms with Gasteiger partial charge < -0.3 is 15.2 Å². The van der Waals surface area contributed by atoms with E-state index in [0.29, 0.717) is 11.3 Å².